The quantitative estimate of drug-likeness (QED) is 0.555. The molecule has 0 unspecified atom stereocenters. The molecule has 2 aliphatic rings. The molecule has 4 rings (SSSR count). The van der Waals surface area contributed by atoms with Gasteiger partial charge in [0.1, 0.15) is 11.4 Å². The van der Waals surface area contributed by atoms with Gasteiger partial charge in [0.15, 0.2) is 5.76 Å². The Morgan fingerprint density at radius 3 is 2.63 bits per heavy atom. The molecule has 30 heavy (non-hydrogen) atoms. The van der Waals surface area contributed by atoms with Crippen LogP contribution in [0.2, 0.25) is 0 Å². The standard InChI is InChI=1S/C21H27N3O5.ClH/c1-11-18(15-9-22-10-16(15)20(26)19(11)25)21(27)23-8-13-7-17(29-24-13)12-3-5-14(28-2)6-4-12;/h3-7,11,15-16,18-20,22,25-26H,8-10H2,1-2H3,(H,23,27);1H/t11-,15+,16+,18+,19+,20+;/m1./s1. The Morgan fingerprint density at radius 2 is 1.93 bits per heavy atom. The van der Waals surface area contributed by atoms with Gasteiger partial charge in [-0.25, -0.2) is 0 Å². The van der Waals surface area contributed by atoms with Crippen LogP contribution in [0.25, 0.3) is 11.3 Å². The zero-order valence-electron chi connectivity index (χ0n) is 16.9. The van der Waals surface area contributed by atoms with Gasteiger partial charge in [-0.05, 0) is 42.6 Å². The fourth-order valence-corrected chi connectivity index (χ4v) is 4.67. The number of hydrogen-bond acceptors (Lipinski definition) is 7. The van der Waals surface area contributed by atoms with Crippen molar-refractivity contribution >= 4 is 18.3 Å². The highest BCUT2D eigenvalue weighted by molar-refractivity contribution is 5.85. The highest BCUT2D eigenvalue weighted by Gasteiger charge is 2.52. The van der Waals surface area contributed by atoms with Crippen LogP contribution in [0.4, 0.5) is 0 Å². The van der Waals surface area contributed by atoms with Crippen molar-refractivity contribution < 1.29 is 24.3 Å². The largest absolute Gasteiger partial charge is 0.497 e. The molecule has 4 N–H and O–H groups in total. The van der Waals surface area contributed by atoms with E-state index in [1.165, 1.54) is 0 Å². The molecule has 0 spiro atoms. The lowest BCUT2D eigenvalue weighted by Crippen LogP contribution is -2.55. The molecule has 6 atom stereocenters. The predicted octanol–water partition coefficient (Wildman–Crippen LogP) is 1.21. The van der Waals surface area contributed by atoms with Gasteiger partial charge in [0.2, 0.25) is 5.91 Å². The van der Waals surface area contributed by atoms with E-state index in [2.05, 4.69) is 15.8 Å². The number of halogens is 1. The lowest BCUT2D eigenvalue weighted by atomic mass is 9.65. The molecule has 2 fully saturated rings. The summed E-state index contributed by atoms with van der Waals surface area (Å²) in [5.74, 6) is 0.466. The van der Waals surface area contributed by atoms with Crippen molar-refractivity contribution in [3.8, 4) is 17.1 Å². The maximum atomic E-state index is 12.9. The molecule has 1 aliphatic carbocycles. The van der Waals surface area contributed by atoms with E-state index >= 15 is 0 Å². The molecule has 9 heteroatoms. The number of hydrogen-bond donors (Lipinski definition) is 4. The molecule has 1 aromatic heterocycles. The minimum atomic E-state index is -0.902. The molecular formula is C21H28ClN3O5. The van der Waals surface area contributed by atoms with Crippen molar-refractivity contribution in [2.75, 3.05) is 20.2 Å². The van der Waals surface area contributed by atoms with Crippen LogP contribution in [0.1, 0.15) is 12.6 Å². The minimum Gasteiger partial charge on any atom is -0.497 e. The summed E-state index contributed by atoms with van der Waals surface area (Å²) in [6, 6.07) is 9.24. The number of fused-ring (bicyclic) bond motifs is 1. The first-order chi connectivity index (χ1) is 14.0. The molecule has 1 amide bonds. The van der Waals surface area contributed by atoms with E-state index in [0.717, 1.165) is 11.3 Å². The van der Waals surface area contributed by atoms with Gasteiger partial charge in [-0.15, -0.1) is 12.4 Å². The average molecular weight is 438 g/mol. The summed E-state index contributed by atoms with van der Waals surface area (Å²) in [7, 11) is 1.61. The van der Waals surface area contributed by atoms with Crippen molar-refractivity contribution in [1.29, 1.82) is 0 Å². The minimum absolute atomic E-state index is 0. The van der Waals surface area contributed by atoms with Crippen LogP contribution in [0.5, 0.6) is 5.75 Å². The summed E-state index contributed by atoms with van der Waals surface area (Å²) in [6.07, 6.45) is -1.70. The third-order valence-electron chi connectivity index (χ3n) is 6.35. The highest BCUT2D eigenvalue weighted by atomic mass is 35.5. The molecule has 1 saturated heterocycles. The topological polar surface area (TPSA) is 117 Å². The maximum Gasteiger partial charge on any atom is 0.224 e. The van der Waals surface area contributed by atoms with Gasteiger partial charge in [0.25, 0.3) is 0 Å². The molecule has 2 aromatic rings. The van der Waals surface area contributed by atoms with E-state index < -0.39 is 12.2 Å². The molecule has 0 radical (unpaired) electrons. The fourth-order valence-electron chi connectivity index (χ4n) is 4.67. The molecular weight excluding hydrogens is 410 g/mol. The average Bonchev–Trinajstić information content (AvgIpc) is 3.41. The Balaban J connectivity index is 0.00000256. The number of aromatic nitrogens is 1. The van der Waals surface area contributed by atoms with Crippen LogP contribution in [0.3, 0.4) is 0 Å². The van der Waals surface area contributed by atoms with E-state index in [9.17, 15) is 15.0 Å². The third-order valence-corrected chi connectivity index (χ3v) is 6.35. The van der Waals surface area contributed by atoms with Crippen LogP contribution in [0.15, 0.2) is 34.9 Å². The van der Waals surface area contributed by atoms with Crippen molar-refractivity contribution in [2.45, 2.75) is 25.7 Å². The number of nitrogens with zero attached hydrogens (tertiary/aromatic N) is 1. The second kappa shape index (κ2) is 9.34. The predicted molar refractivity (Wildman–Crippen MR) is 112 cm³/mol. The van der Waals surface area contributed by atoms with Gasteiger partial charge < -0.3 is 30.1 Å². The van der Waals surface area contributed by atoms with E-state index in [4.69, 9.17) is 9.26 Å². The van der Waals surface area contributed by atoms with Gasteiger partial charge in [0, 0.05) is 30.0 Å². The van der Waals surface area contributed by atoms with Crippen molar-refractivity contribution in [2.24, 2.45) is 23.7 Å². The zero-order chi connectivity index (χ0) is 20.5. The first-order valence-electron chi connectivity index (χ1n) is 9.94. The van der Waals surface area contributed by atoms with Gasteiger partial charge in [-0.2, -0.15) is 0 Å². The summed E-state index contributed by atoms with van der Waals surface area (Å²) >= 11 is 0. The second-order valence-corrected chi connectivity index (χ2v) is 7.98. The van der Waals surface area contributed by atoms with Crippen LogP contribution < -0.4 is 15.4 Å². The Bertz CT molecular complexity index is 859. The number of methoxy groups -OCH3 is 1. The molecule has 1 aliphatic heterocycles. The Labute approximate surface area is 181 Å². The SMILES string of the molecule is COc1ccc(-c2cc(CNC(=O)[C@H]3[C@@H](C)[C@H](O)[C@@H](O)[C@H]4CNC[C@@H]43)no2)cc1.Cl. The number of nitrogens with one attached hydrogen (secondary N) is 2. The van der Waals surface area contributed by atoms with Gasteiger partial charge in [-0.3, -0.25) is 4.79 Å². The first-order valence-corrected chi connectivity index (χ1v) is 9.94. The zero-order valence-corrected chi connectivity index (χ0v) is 17.8. The molecule has 164 valence electrons. The van der Waals surface area contributed by atoms with Crippen LogP contribution in [0, 0.1) is 23.7 Å². The first kappa shape index (κ1) is 22.6. The molecule has 2 heterocycles. The van der Waals surface area contributed by atoms with Gasteiger partial charge >= 0.3 is 0 Å². The summed E-state index contributed by atoms with van der Waals surface area (Å²) in [5.41, 5.74) is 1.49. The Morgan fingerprint density at radius 1 is 1.23 bits per heavy atom. The summed E-state index contributed by atoms with van der Waals surface area (Å²) < 4.78 is 10.6. The third kappa shape index (κ3) is 4.18. The highest BCUT2D eigenvalue weighted by Crippen LogP contribution is 2.41. The number of carbonyl (C=O) groups excluding carboxylic acids is 1. The van der Waals surface area contributed by atoms with E-state index in [1.807, 2.05) is 31.2 Å². The second-order valence-electron chi connectivity index (χ2n) is 7.98. The van der Waals surface area contributed by atoms with Gasteiger partial charge in [-0.1, -0.05) is 12.1 Å². The normalized spacial score (nSPS) is 30.3. The smallest absolute Gasteiger partial charge is 0.224 e. The van der Waals surface area contributed by atoms with Crippen LogP contribution in [-0.2, 0) is 11.3 Å². The summed E-state index contributed by atoms with van der Waals surface area (Å²) in [5, 5.41) is 30.9. The Kier molecular flexibility index (Phi) is 7.02. The number of aliphatic hydroxyl groups excluding tert-OH is 2. The number of aliphatic hydroxyl groups is 2. The van der Waals surface area contributed by atoms with E-state index in [1.54, 1.807) is 13.2 Å². The monoisotopic (exact) mass is 437 g/mol. The lowest BCUT2D eigenvalue weighted by Gasteiger charge is -2.43. The fraction of sp³-hybridized carbons (Fsp3) is 0.524. The van der Waals surface area contributed by atoms with Crippen molar-refractivity contribution in [1.82, 2.24) is 15.8 Å². The molecule has 1 aromatic carbocycles. The molecule has 0 bridgehead atoms. The lowest BCUT2D eigenvalue weighted by molar-refractivity contribution is -0.146. The number of amides is 1. The van der Waals surface area contributed by atoms with Crippen LogP contribution >= 0.6 is 12.4 Å². The summed E-state index contributed by atoms with van der Waals surface area (Å²) in [6.45, 7) is 3.35. The number of rotatable bonds is 5. The maximum absolute atomic E-state index is 12.9. The molecule has 1 saturated carbocycles. The van der Waals surface area contributed by atoms with Crippen LogP contribution in [-0.4, -0.2) is 53.7 Å². The molecule has 8 nitrogen and oxygen atoms in total. The number of carbonyl (C=O) groups is 1. The number of ether oxygens (including phenoxy) is 1. The van der Waals surface area contributed by atoms with E-state index in [-0.39, 0.29) is 48.5 Å². The van der Waals surface area contributed by atoms with Gasteiger partial charge in [0.05, 0.1) is 25.9 Å². The number of benzene rings is 1. The van der Waals surface area contributed by atoms with Crippen molar-refractivity contribution in [3.63, 3.8) is 0 Å². The van der Waals surface area contributed by atoms with E-state index in [0.29, 0.717) is 24.5 Å². The Hall–Kier alpha value is -2.13. The van der Waals surface area contributed by atoms with Crippen molar-refractivity contribution in [3.05, 3.63) is 36.0 Å². The summed E-state index contributed by atoms with van der Waals surface area (Å²) in [4.78, 5) is 12.9.